The smallest absolute Gasteiger partial charge is 0.226 e. The second-order valence-electron chi connectivity index (χ2n) is 7.83. The van der Waals surface area contributed by atoms with Gasteiger partial charge in [-0.1, -0.05) is 50.2 Å². The molecule has 1 aromatic heterocycles. The summed E-state index contributed by atoms with van der Waals surface area (Å²) >= 11 is 0. The molecule has 1 heterocycles. The van der Waals surface area contributed by atoms with E-state index in [9.17, 15) is 4.79 Å². The molecule has 1 atom stereocenters. The van der Waals surface area contributed by atoms with Gasteiger partial charge in [0.1, 0.15) is 0 Å². The Hall–Kier alpha value is -2.17. The predicted octanol–water partition coefficient (Wildman–Crippen LogP) is 3.88. The van der Waals surface area contributed by atoms with Crippen molar-refractivity contribution in [1.29, 1.82) is 0 Å². The summed E-state index contributed by atoms with van der Waals surface area (Å²) < 4.78 is 5.28. The lowest BCUT2D eigenvalue weighted by Gasteiger charge is -2.26. The van der Waals surface area contributed by atoms with Gasteiger partial charge in [0, 0.05) is 18.3 Å². The van der Waals surface area contributed by atoms with Crippen LogP contribution in [-0.2, 0) is 23.1 Å². The lowest BCUT2D eigenvalue weighted by molar-refractivity contribution is -0.122. The molecule has 0 spiro atoms. The average Bonchev–Trinajstić information content (AvgIpc) is 3.04. The fraction of sp³-hybridized carbons (Fsp3) is 0.550. The van der Waals surface area contributed by atoms with Crippen LogP contribution in [0.2, 0.25) is 0 Å². The van der Waals surface area contributed by atoms with Crippen molar-refractivity contribution in [2.45, 2.75) is 70.8 Å². The molecule has 1 aliphatic carbocycles. The van der Waals surface area contributed by atoms with Crippen molar-refractivity contribution >= 4 is 5.91 Å². The molecule has 0 radical (unpaired) electrons. The normalized spacial score (nSPS) is 17.2. The molecule has 5 nitrogen and oxygen atoms in total. The van der Waals surface area contributed by atoms with E-state index in [0.29, 0.717) is 31.0 Å². The first-order valence-electron chi connectivity index (χ1n) is 9.14. The Morgan fingerprint density at radius 2 is 2.12 bits per heavy atom. The predicted molar refractivity (Wildman–Crippen MR) is 96.2 cm³/mol. The highest BCUT2D eigenvalue weighted by molar-refractivity contribution is 5.76. The number of aromatic nitrogens is 2. The van der Waals surface area contributed by atoms with Crippen LogP contribution in [0.4, 0.5) is 0 Å². The number of hydrogen-bond donors (Lipinski definition) is 1. The SMILES string of the molecule is CC(C)(C)c1noc(CCCC(=O)NC2CCCc3ccccc32)n1. The van der Waals surface area contributed by atoms with E-state index >= 15 is 0 Å². The zero-order chi connectivity index (χ0) is 17.9. The monoisotopic (exact) mass is 341 g/mol. The summed E-state index contributed by atoms with van der Waals surface area (Å²) in [6.07, 6.45) is 5.08. The van der Waals surface area contributed by atoms with Gasteiger partial charge >= 0.3 is 0 Å². The molecule has 5 heteroatoms. The summed E-state index contributed by atoms with van der Waals surface area (Å²) in [4.78, 5) is 16.7. The van der Waals surface area contributed by atoms with E-state index < -0.39 is 0 Å². The number of nitrogens with zero attached hydrogens (tertiary/aromatic N) is 2. The first-order valence-corrected chi connectivity index (χ1v) is 9.14. The minimum Gasteiger partial charge on any atom is -0.349 e. The molecule has 1 aliphatic rings. The van der Waals surface area contributed by atoms with Gasteiger partial charge in [0.2, 0.25) is 11.8 Å². The van der Waals surface area contributed by atoms with E-state index in [1.54, 1.807) is 0 Å². The quantitative estimate of drug-likeness (QED) is 0.896. The summed E-state index contributed by atoms with van der Waals surface area (Å²) in [5.41, 5.74) is 2.52. The molecule has 1 amide bonds. The molecule has 25 heavy (non-hydrogen) atoms. The number of hydrogen-bond acceptors (Lipinski definition) is 4. The van der Waals surface area contributed by atoms with Gasteiger partial charge in [0.25, 0.3) is 0 Å². The van der Waals surface area contributed by atoms with Crippen molar-refractivity contribution in [1.82, 2.24) is 15.5 Å². The van der Waals surface area contributed by atoms with Crippen molar-refractivity contribution in [3.63, 3.8) is 0 Å². The van der Waals surface area contributed by atoms with Crippen LogP contribution in [0.25, 0.3) is 0 Å². The molecule has 3 rings (SSSR count). The number of amides is 1. The Labute approximate surface area is 149 Å². The third-order valence-electron chi connectivity index (χ3n) is 4.64. The molecular formula is C20H27N3O2. The zero-order valence-corrected chi connectivity index (χ0v) is 15.3. The van der Waals surface area contributed by atoms with Crippen LogP contribution in [0.15, 0.2) is 28.8 Å². The molecule has 0 bridgehead atoms. The van der Waals surface area contributed by atoms with E-state index in [1.165, 1.54) is 11.1 Å². The molecule has 0 saturated carbocycles. The molecule has 134 valence electrons. The Kier molecular flexibility index (Phi) is 5.21. The van der Waals surface area contributed by atoms with Crippen LogP contribution >= 0.6 is 0 Å². The molecule has 1 N–H and O–H groups in total. The second kappa shape index (κ2) is 7.38. The largest absolute Gasteiger partial charge is 0.349 e. The fourth-order valence-electron chi connectivity index (χ4n) is 3.23. The maximum Gasteiger partial charge on any atom is 0.226 e. The highest BCUT2D eigenvalue weighted by Gasteiger charge is 2.22. The number of rotatable bonds is 5. The minimum absolute atomic E-state index is 0.0947. The highest BCUT2D eigenvalue weighted by Crippen LogP contribution is 2.29. The van der Waals surface area contributed by atoms with Crippen LogP contribution in [0.1, 0.15) is 75.3 Å². The van der Waals surface area contributed by atoms with Gasteiger partial charge in [-0.05, 0) is 36.8 Å². The van der Waals surface area contributed by atoms with Crippen LogP contribution in [-0.4, -0.2) is 16.0 Å². The highest BCUT2D eigenvalue weighted by atomic mass is 16.5. The number of benzene rings is 1. The third kappa shape index (κ3) is 4.47. The van der Waals surface area contributed by atoms with E-state index in [0.717, 1.165) is 19.3 Å². The molecule has 2 aromatic rings. The Bertz CT molecular complexity index is 731. The lowest BCUT2D eigenvalue weighted by atomic mass is 9.87. The first-order chi connectivity index (χ1) is 11.9. The van der Waals surface area contributed by atoms with Crippen molar-refractivity contribution in [3.8, 4) is 0 Å². The second-order valence-corrected chi connectivity index (χ2v) is 7.83. The van der Waals surface area contributed by atoms with Gasteiger partial charge < -0.3 is 9.84 Å². The Morgan fingerprint density at radius 3 is 2.88 bits per heavy atom. The van der Waals surface area contributed by atoms with Crippen LogP contribution in [0, 0.1) is 0 Å². The number of carbonyl (C=O) groups excluding carboxylic acids is 1. The van der Waals surface area contributed by atoms with Crippen molar-refractivity contribution < 1.29 is 9.32 Å². The molecule has 1 unspecified atom stereocenters. The summed E-state index contributed by atoms with van der Waals surface area (Å²) in [6, 6.07) is 8.56. The van der Waals surface area contributed by atoms with Crippen LogP contribution < -0.4 is 5.32 Å². The Morgan fingerprint density at radius 1 is 1.32 bits per heavy atom. The minimum atomic E-state index is -0.118. The van der Waals surface area contributed by atoms with Crippen molar-refractivity contribution in [2.24, 2.45) is 0 Å². The van der Waals surface area contributed by atoms with Crippen molar-refractivity contribution in [3.05, 3.63) is 47.1 Å². The summed E-state index contributed by atoms with van der Waals surface area (Å²) in [5.74, 6) is 1.42. The summed E-state index contributed by atoms with van der Waals surface area (Å²) in [6.45, 7) is 6.16. The lowest BCUT2D eigenvalue weighted by Crippen LogP contribution is -2.30. The number of nitrogens with one attached hydrogen (secondary N) is 1. The van der Waals surface area contributed by atoms with Crippen molar-refractivity contribution in [2.75, 3.05) is 0 Å². The van der Waals surface area contributed by atoms with Gasteiger partial charge in [-0.15, -0.1) is 0 Å². The Balaban J connectivity index is 1.48. The maximum atomic E-state index is 12.3. The number of carbonyl (C=O) groups is 1. The van der Waals surface area contributed by atoms with Crippen LogP contribution in [0.5, 0.6) is 0 Å². The topological polar surface area (TPSA) is 68.0 Å². The fourth-order valence-corrected chi connectivity index (χ4v) is 3.23. The van der Waals surface area contributed by atoms with Gasteiger partial charge in [-0.2, -0.15) is 4.98 Å². The number of aryl methyl sites for hydroxylation is 2. The molecule has 1 aromatic carbocycles. The van der Waals surface area contributed by atoms with E-state index in [2.05, 4.69) is 54.4 Å². The van der Waals surface area contributed by atoms with Gasteiger partial charge in [-0.25, -0.2) is 0 Å². The molecular weight excluding hydrogens is 314 g/mol. The standard InChI is InChI=1S/C20H27N3O2/c1-20(2,3)19-22-18(25-23-19)13-7-12-17(24)21-16-11-6-9-14-8-4-5-10-15(14)16/h4-5,8,10,16H,6-7,9,11-13H2,1-3H3,(H,21,24). The van der Waals surface area contributed by atoms with E-state index in [1.807, 2.05) is 6.07 Å². The van der Waals surface area contributed by atoms with Gasteiger partial charge in [0.15, 0.2) is 5.82 Å². The third-order valence-corrected chi connectivity index (χ3v) is 4.64. The maximum absolute atomic E-state index is 12.3. The zero-order valence-electron chi connectivity index (χ0n) is 15.3. The summed E-state index contributed by atoms with van der Waals surface area (Å²) in [7, 11) is 0. The number of fused-ring (bicyclic) bond motifs is 1. The van der Waals surface area contributed by atoms with Crippen LogP contribution in [0.3, 0.4) is 0 Å². The summed E-state index contributed by atoms with van der Waals surface area (Å²) in [5, 5.41) is 7.20. The van der Waals surface area contributed by atoms with Gasteiger partial charge in [-0.3, -0.25) is 4.79 Å². The molecule has 0 saturated heterocycles. The first kappa shape index (κ1) is 17.6. The van der Waals surface area contributed by atoms with Gasteiger partial charge in [0.05, 0.1) is 6.04 Å². The molecule has 0 fully saturated rings. The average molecular weight is 341 g/mol. The van der Waals surface area contributed by atoms with E-state index in [-0.39, 0.29) is 17.4 Å². The van der Waals surface area contributed by atoms with E-state index in [4.69, 9.17) is 4.52 Å². The molecule has 0 aliphatic heterocycles.